The number of hydrogen-bond donors (Lipinski definition) is 3. The molecular formula is C11H17ClN2O4S. The van der Waals surface area contributed by atoms with E-state index in [1.165, 1.54) is 12.1 Å². The van der Waals surface area contributed by atoms with Crippen LogP contribution in [0.1, 0.15) is 5.56 Å². The molecule has 19 heavy (non-hydrogen) atoms. The first-order valence-corrected chi connectivity index (χ1v) is 7.48. The fourth-order valence-corrected chi connectivity index (χ4v) is 2.69. The Hall–Kier alpha value is -0.860. The van der Waals surface area contributed by atoms with Gasteiger partial charge in [-0.2, -0.15) is 0 Å². The lowest BCUT2D eigenvalue weighted by atomic mass is 10.2. The number of halogens is 1. The van der Waals surface area contributed by atoms with Crippen molar-refractivity contribution in [1.82, 2.24) is 4.72 Å². The summed E-state index contributed by atoms with van der Waals surface area (Å²) in [6.07, 6.45) is 0. The van der Waals surface area contributed by atoms with Crippen LogP contribution < -0.4 is 10.5 Å². The number of benzene rings is 1. The van der Waals surface area contributed by atoms with Crippen molar-refractivity contribution in [2.24, 2.45) is 0 Å². The first-order chi connectivity index (χ1) is 8.88. The quantitative estimate of drug-likeness (QED) is 0.503. The smallest absolute Gasteiger partial charge is 0.240 e. The summed E-state index contributed by atoms with van der Waals surface area (Å²) in [5.74, 6) is 0. The summed E-state index contributed by atoms with van der Waals surface area (Å²) in [7, 11) is -3.67. The number of anilines is 1. The van der Waals surface area contributed by atoms with Crippen LogP contribution in [0.5, 0.6) is 0 Å². The number of aliphatic hydroxyl groups is 1. The van der Waals surface area contributed by atoms with E-state index in [-0.39, 0.29) is 31.3 Å². The third-order valence-electron chi connectivity index (χ3n) is 2.44. The zero-order chi connectivity index (χ0) is 14.5. The van der Waals surface area contributed by atoms with E-state index < -0.39 is 10.0 Å². The maximum absolute atomic E-state index is 12.0. The van der Waals surface area contributed by atoms with E-state index in [0.717, 1.165) is 0 Å². The number of sulfonamides is 1. The minimum absolute atomic E-state index is 0.0164. The standard InChI is InChI=1S/C11H17ClN2O4S/c1-8-10(12)6-9(7-11(8)13)19(16,17)14-2-4-18-5-3-15/h6-7,14-15H,2-5,13H2,1H3. The summed E-state index contributed by atoms with van der Waals surface area (Å²) in [4.78, 5) is 0.0164. The highest BCUT2D eigenvalue weighted by atomic mass is 35.5. The van der Waals surface area contributed by atoms with Crippen LogP contribution in [-0.4, -0.2) is 39.9 Å². The van der Waals surface area contributed by atoms with Crippen LogP contribution in [0.25, 0.3) is 0 Å². The molecule has 8 heteroatoms. The monoisotopic (exact) mass is 308 g/mol. The Balaban J connectivity index is 2.72. The summed E-state index contributed by atoms with van der Waals surface area (Å²) in [5.41, 5.74) is 6.65. The van der Waals surface area contributed by atoms with Crippen molar-refractivity contribution in [2.45, 2.75) is 11.8 Å². The van der Waals surface area contributed by atoms with Gasteiger partial charge in [-0.05, 0) is 24.6 Å². The van der Waals surface area contributed by atoms with Crippen molar-refractivity contribution in [3.8, 4) is 0 Å². The third-order valence-corrected chi connectivity index (χ3v) is 4.28. The second-order valence-corrected chi connectivity index (χ2v) is 6.03. The number of nitrogen functional groups attached to an aromatic ring is 1. The van der Waals surface area contributed by atoms with Gasteiger partial charge in [0.1, 0.15) is 0 Å². The molecule has 108 valence electrons. The molecule has 6 nitrogen and oxygen atoms in total. The number of hydrogen-bond acceptors (Lipinski definition) is 5. The maximum atomic E-state index is 12.0. The van der Waals surface area contributed by atoms with Crippen molar-refractivity contribution in [1.29, 1.82) is 0 Å². The van der Waals surface area contributed by atoms with Gasteiger partial charge in [-0.3, -0.25) is 0 Å². The highest BCUT2D eigenvalue weighted by molar-refractivity contribution is 7.89. The fourth-order valence-electron chi connectivity index (χ4n) is 1.33. The molecule has 0 spiro atoms. The second-order valence-electron chi connectivity index (χ2n) is 3.85. The van der Waals surface area contributed by atoms with Crippen LogP contribution >= 0.6 is 11.6 Å². The Bertz CT molecular complexity index is 510. The molecule has 1 aromatic rings. The third kappa shape index (κ3) is 4.63. The predicted molar refractivity (Wildman–Crippen MR) is 73.7 cm³/mol. The molecule has 0 aliphatic rings. The molecule has 0 unspecified atom stereocenters. The van der Waals surface area contributed by atoms with Gasteiger partial charge < -0.3 is 15.6 Å². The highest BCUT2D eigenvalue weighted by Gasteiger charge is 2.16. The molecule has 0 fully saturated rings. The molecule has 0 atom stereocenters. The van der Waals surface area contributed by atoms with Gasteiger partial charge in [0, 0.05) is 17.3 Å². The fraction of sp³-hybridized carbons (Fsp3) is 0.455. The average molecular weight is 309 g/mol. The Morgan fingerprint density at radius 1 is 1.42 bits per heavy atom. The Labute approximate surface area is 117 Å². The average Bonchev–Trinajstić information content (AvgIpc) is 2.35. The van der Waals surface area contributed by atoms with Crippen molar-refractivity contribution >= 4 is 27.3 Å². The van der Waals surface area contributed by atoms with E-state index in [1.54, 1.807) is 6.92 Å². The van der Waals surface area contributed by atoms with Gasteiger partial charge in [0.15, 0.2) is 0 Å². The molecule has 0 saturated heterocycles. The van der Waals surface area contributed by atoms with Gasteiger partial charge in [0.25, 0.3) is 0 Å². The molecule has 0 aliphatic carbocycles. The topological polar surface area (TPSA) is 102 Å². The van der Waals surface area contributed by atoms with Gasteiger partial charge in [-0.15, -0.1) is 0 Å². The Morgan fingerprint density at radius 2 is 2.11 bits per heavy atom. The molecule has 0 saturated carbocycles. The van der Waals surface area contributed by atoms with Crippen LogP contribution in [-0.2, 0) is 14.8 Å². The number of nitrogens with two attached hydrogens (primary N) is 1. The van der Waals surface area contributed by atoms with Crippen molar-refractivity contribution in [2.75, 3.05) is 32.1 Å². The molecule has 0 heterocycles. The summed E-state index contributed by atoms with van der Waals surface area (Å²) in [5, 5.41) is 8.80. The molecule has 1 rings (SSSR count). The first-order valence-electron chi connectivity index (χ1n) is 5.62. The number of ether oxygens (including phenoxy) is 1. The summed E-state index contributed by atoms with van der Waals surface area (Å²) < 4.78 is 31.2. The van der Waals surface area contributed by atoms with Crippen LogP contribution in [0, 0.1) is 6.92 Å². The molecule has 0 amide bonds. The largest absolute Gasteiger partial charge is 0.398 e. The van der Waals surface area contributed by atoms with Gasteiger partial charge in [-0.1, -0.05) is 11.6 Å². The van der Waals surface area contributed by atoms with Crippen LogP contribution in [0.4, 0.5) is 5.69 Å². The zero-order valence-electron chi connectivity index (χ0n) is 10.5. The number of rotatable bonds is 7. The van der Waals surface area contributed by atoms with Crippen molar-refractivity contribution in [3.05, 3.63) is 22.7 Å². The lowest BCUT2D eigenvalue weighted by molar-refractivity contribution is 0.0961. The van der Waals surface area contributed by atoms with E-state index >= 15 is 0 Å². The van der Waals surface area contributed by atoms with Crippen LogP contribution in [0.3, 0.4) is 0 Å². The van der Waals surface area contributed by atoms with Gasteiger partial charge in [0.2, 0.25) is 10.0 Å². The normalized spacial score (nSPS) is 11.7. The molecule has 1 aromatic carbocycles. The zero-order valence-corrected chi connectivity index (χ0v) is 12.1. The van der Waals surface area contributed by atoms with E-state index in [2.05, 4.69) is 4.72 Å². The van der Waals surface area contributed by atoms with E-state index in [4.69, 9.17) is 27.2 Å². The number of aliphatic hydroxyl groups excluding tert-OH is 1. The Morgan fingerprint density at radius 3 is 2.68 bits per heavy atom. The van der Waals surface area contributed by atoms with Crippen molar-refractivity contribution in [3.63, 3.8) is 0 Å². The molecule has 0 radical (unpaired) electrons. The summed E-state index contributed by atoms with van der Waals surface area (Å²) >= 11 is 5.90. The van der Waals surface area contributed by atoms with Gasteiger partial charge in [-0.25, -0.2) is 13.1 Å². The molecule has 4 N–H and O–H groups in total. The highest BCUT2D eigenvalue weighted by Crippen LogP contribution is 2.25. The van der Waals surface area contributed by atoms with Gasteiger partial charge in [0.05, 0.1) is 24.7 Å². The van der Waals surface area contributed by atoms with Crippen LogP contribution in [0.2, 0.25) is 5.02 Å². The second kappa shape index (κ2) is 7.06. The van der Waals surface area contributed by atoms with E-state index in [0.29, 0.717) is 16.3 Å². The lowest BCUT2D eigenvalue weighted by Gasteiger charge is -2.10. The molecule has 0 bridgehead atoms. The minimum Gasteiger partial charge on any atom is -0.398 e. The molecular weight excluding hydrogens is 292 g/mol. The van der Waals surface area contributed by atoms with E-state index in [9.17, 15) is 8.42 Å². The SMILES string of the molecule is Cc1c(N)cc(S(=O)(=O)NCCOCCO)cc1Cl. The summed E-state index contributed by atoms with van der Waals surface area (Å²) in [6.45, 7) is 2.06. The lowest BCUT2D eigenvalue weighted by Crippen LogP contribution is -2.28. The van der Waals surface area contributed by atoms with Gasteiger partial charge >= 0.3 is 0 Å². The Kier molecular flexibility index (Phi) is 6.02. The molecule has 0 aromatic heterocycles. The first kappa shape index (κ1) is 16.2. The van der Waals surface area contributed by atoms with E-state index in [1.807, 2.05) is 0 Å². The molecule has 0 aliphatic heterocycles. The van der Waals surface area contributed by atoms with Crippen LogP contribution in [0.15, 0.2) is 17.0 Å². The number of nitrogens with one attached hydrogen (secondary N) is 1. The predicted octanol–water partition coefficient (Wildman–Crippen LogP) is 0.518. The summed E-state index contributed by atoms with van der Waals surface area (Å²) in [6, 6.07) is 2.71. The van der Waals surface area contributed by atoms with Crippen molar-refractivity contribution < 1.29 is 18.3 Å². The minimum atomic E-state index is -3.67. The maximum Gasteiger partial charge on any atom is 0.240 e.